The van der Waals surface area contributed by atoms with Gasteiger partial charge in [-0.2, -0.15) is 0 Å². The third-order valence-electron chi connectivity index (χ3n) is 2.61. The van der Waals surface area contributed by atoms with E-state index in [2.05, 4.69) is 5.32 Å². The number of phenols is 2. The van der Waals surface area contributed by atoms with E-state index in [1.165, 1.54) is 12.1 Å². The Labute approximate surface area is 115 Å². The largest absolute Gasteiger partial charge is 0.508 e. The predicted molar refractivity (Wildman–Crippen MR) is 73.9 cm³/mol. The number of carbonyl (C=O) groups is 1. The average molecular weight is 278 g/mol. The van der Waals surface area contributed by atoms with E-state index in [4.69, 9.17) is 11.6 Å². The highest BCUT2D eigenvalue weighted by Gasteiger charge is 2.10. The number of nitrogens with one attached hydrogen (secondary N) is 1. The standard InChI is InChI=1S/C14H12ClNO3/c1-8-2-3-10(15)6-13(8)16-14(19)9-4-11(17)7-12(18)5-9/h2-7,17-18H,1H3,(H,16,19). The van der Waals surface area contributed by atoms with E-state index in [1.54, 1.807) is 18.2 Å². The Kier molecular flexibility index (Phi) is 3.62. The van der Waals surface area contributed by atoms with Crippen molar-refractivity contribution in [3.63, 3.8) is 0 Å². The van der Waals surface area contributed by atoms with E-state index >= 15 is 0 Å². The number of benzene rings is 2. The summed E-state index contributed by atoms with van der Waals surface area (Å²) in [5.41, 5.74) is 1.61. The number of aryl methyl sites for hydroxylation is 1. The van der Waals surface area contributed by atoms with Gasteiger partial charge in [-0.05, 0) is 36.8 Å². The summed E-state index contributed by atoms with van der Waals surface area (Å²) in [4.78, 5) is 12.0. The first-order valence-corrected chi connectivity index (χ1v) is 5.94. The van der Waals surface area contributed by atoms with Crippen LogP contribution in [0.25, 0.3) is 0 Å². The zero-order chi connectivity index (χ0) is 14.0. The Hall–Kier alpha value is -2.20. The van der Waals surface area contributed by atoms with Crippen LogP contribution in [0.2, 0.25) is 5.02 Å². The molecule has 0 unspecified atom stereocenters. The van der Waals surface area contributed by atoms with Gasteiger partial charge in [-0.15, -0.1) is 0 Å². The summed E-state index contributed by atoms with van der Waals surface area (Å²) < 4.78 is 0. The van der Waals surface area contributed by atoms with Crippen molar-refractivity contribution in [3.05, 3.63) is 52.5 Å². The van der Waals surface area contributed by atoms with Gasteiger partial charge in [0.25, 0.3) is 5.91 Å². The van der Waals surface area contributed by atoms with Crippen LogP contribution in [-0.4, -0.2) is 16.1 Å². The maximum absolute atomic E-state index is 12.0. The molecule has 0 bridgehead atoms. The second-order valence-corrected chi connectivity index (χ2v) is 4.59. The SMILES string of the molecule is Cc1ccc(Cl)cc1NC(=O)c1cc(O)cc(O)c1. The number of phenolic OH excluding ortho intramolecular Hbond substituents is 2. The van der Waals surface area contributed by atoms with Crippen LogP contribution in [0.4, 0.5) is 5.69 Å². The van der Waals surface area contributed by atoms with E-state index in [-0.39, 0.29) is 17.1 Å². The minimum absolute atomic E-state index is 0.164. The molecule has 0 fully saturated rings. The van der Waals surface area contributed by atoms with Crippen molar-refractivity contribution in [2.45, 2.75) is 6.92 Å². The third kappa shape index (κ3) is 3.17. The molecule has 3 N–H and O–H groups in total. The Balaban J connectivity index is 2.28. The number of aromatic hydroxyl groups is 2. The fourth-order valence-corrected chi connectivity index (χ4v) is 1.82. The van der Waals surface area contributed by atoms with Crippen LogP contribution in [0.15, 0.2) is 36.4 Å². The molecule has 2 aromatic carbocycles. The van der Waals surface area contributed by atoms with Crippen molar-refractivity contribution in [1.29, 1.82) is 0 Å². The van der Waals surface area contributed by atoms with Crippen LogP contribution in [0.3, 0.4) is 0 Å². The van der Waals surface area contributed by atoms with Crippen LogP contribution in [0, 0.1) is 6.92 Å². The molecule has 0 saturated heterocycles. The van der Waals surface area contributed by atoms with Gasteiger partial charge in [-0.1, -0.05) is 17.7 Å². The van der Waals surface area contributed by atoms with E-state index < -0.39 is 5.91 Å². The first kappa shape index (κ1) is 13.2. The number of amides is 1. The molecule has 2 aromatic rings. The molecule has 0 atom stereocenters. The molecule has 0 spiro atoms. The molecule has 0 aromatic heterocycles. The lowest BCUT2D eigenvalue weighted by molar-refractivity contribution is 0.102. The molecule has 1 amide bonds. The molecule has 0 heterocycles. The third-order valence-corrected chi connectivity index (χ3v) is 2.85. The molecular formula is C14H12ClNO3. The summed E-state index contributed by atoms with van der Waals surface area (Å²) in [6.45, 7) is 1.84. The summed E-state index contributed by atoms with van der Waals surface area (Å²) >= 11 is 5.87. The highest BCUT2D eigenvalue weighted by atomic mass is 35.5. The number of hydrogen-bond donors (Lipinski definition) is 3. The lowest BCUT2D eigenvalue weighted by Crippen LogP contribution is -2.12. The van der Waals surface area contributed by atoms with E-state index in [1.807, 2.05) is 6.92 Å². The van der Waals surface area contributed by atoms with Crippen LogP contribution < -0.4 is 5.32 Å². The highest BCUT2D eigenvalue weighted by Crippen LogP contribution is 2.23. The first-order chi connectivity index (χ1) is 8.95. The van der Waals surface area contributed by atoms with Crippen LogP contribution in [0.5, 0.6) is 11.5 Å². The minimum atomic E-state index is -0.434. The predicted octanol–water partition coefficient (Wildman–Crippen LogP) is 3.31. The van der Waals surface area contributed by atoms with Gasteiger partial charge in [0.1, 0.15) is 11.5 Å². The maximum Gasteiger partial charge on any atom is 0.255 e. The molecule has 98 valence electrons. The Morgan fingerprint density at radius 2 is 1.74 bits per heavy atom. The zero-order valence-electron chi connectivity index (χ0n) is 10.1. The lowest BCUT2D eigenvalue weighted by atomic mass is 10.1. The number of hydrogen-bond acceptors (Lipinski definition) is 3. The quantitative estimate of drug-likeness (QED) is 0.789. The van der Waals surface area contributed by atoms with Crippen molar-refractivity contribution >= 4 is 23.2 Å². The summed E-state index contributed by atoms with van der Waals surface area (Å²) in [5.74, 6) is -0.780. The second kappa shape index (κ2) is 5.20. The molecule has 0 saturated carbocycles. The molecule has 0 radical (unpaired) electrons. The average Bonchev–Trinajstić information content (AvgIpc) is 2.32. The first-order valence-electron chi connectivity index (χ1n) is 5.56. The van der Waals surface area contributed by atoms with Gasteiger partial charge in [0.2, 0.25) is 0 Å². The number of halogens is 1. The molecule has 4 nitrogen and oxygen atoms in total. The van der Waals surface area contributed by atoms with Crippen molar-refractivity contribution in [2.75, 3.05) is 5.32 Å². The Morgan fingerprint density at radius 3 is 2.37 bits per heavy atom. The van der Waals surface area contributed by atoms with Gasteiger partial charge in [0.05, 0.1) is 0 Å². The van der Waals surface area contributed by atoms with Gasteiger partial charge in [-0.25, -0.2) is 0 Å². The summed E-state index contributed by atoms with van der Waals surface area (Å²) in [6.07, 6.45) is 0. The van der Waals surface area contributed by atoms with Gasteiger partial charge in [-0.3, -0.25) is 4.79 Å². The van der Waals surface area contributed by atoms with Gasteiger partial charge >= 0.3 is 0 Å². The summed E-state index contributed by atoms with van der Waals surface area (Å²) in [5, 5.41) is 21.9. The fourth-order valence-electron chi connectivity index (χ4n) is 1.65. The van der Waals surface area contributed by atoms with E-state index in [0.717, 1.165) is 11.6 Å². The van der Waals surface area contributed by atoms with Crippen LogP contribution in [-0.2, 0) is 0 Å². The van der Waals surface area contributed by atoms with Gasteiger partial charge in [0, 0.05) is 22.3 Å². The minimum Gasteiger partial charge on any atom is -0.508 e. The molecule has 2 rings (SSSR count). The van der Waals surface area contributed by atoms with Gasteiger partial charge < -0.3 is 15.5 Å². The Morgan fingerprint density at radius 1 is 1.11 bits per heavy atom. The van der Waals surface area contributed by atoms with E-state index in [0.29, 0.717) is 10.7 Å². The summed E-state index contributed by atoms with van der Waals surface area (Å²) in [7, 11) is 0. The fraction of sp³-hybridized carbons (Fsp3) is 0.0714. The van der Waals surface area contributed by atoms with Crippen molar-refractivity contribution in [3.8, 4) is 11.5 Å². The maximum atomic E-state index is 12.0. The van der Waals surface area contributed by atoms with Crippen LogP contribution in [0.1, 0.15) is 15.9 Å². The molecule has 0 aliphatic carbocycles. The lowest BCUT2D eigenvalue weighted by Gasteiger charge is -2.09. The monoisotopic (exact) mass is 277 g/mol. The molecule has 0 aliphatic rings. The highest BCUT2D eigenvalue weighted by molar-refractivity contribution is 6.31. The number of rotatable bonds is 2. The van der Waals surface area contributed by atoms with Crippen molar-refractivity contribution in [2.24, 2.45) is 0 Å². The second-order valence-electron chi connectivity index (χ2n) is 4.15. The zero-order valence-corrected chi connectivity index (χ0v) is 10.9. The normalized spacial score (nSPS) is 10.2. The molecule has 0 aliphatic heterocycles. The molecule has 5 heteroatoms. The summed E-state index contributed by atoms with van der Waals surface area (Å²) in [6, 6.07) is 8.85. The van der Waals surface area contributed by atoms with Crippen molar-refractivity contribution < 1.29 is 15.0 Å². The van der Waals surface area contributed by atoms with E-state index in [9.17, 15) is 15.0 Å². The molecule has 19 heavy (non-hydrogen) atoms. The molecular weight excluding hydrogens is 266 g/mol. The number of carbonyl (C=O) groups excluding carboxylic acids is 1. The van der Waals surface area contributed by atoms with Crippen molar-refractivity contribution in [1.82, 2.24) is 0 Å². The van der Waals surface area contributed by atoms with Crippen LogP contribution >= 0.6 is 11.6 Å². The number of anilines is 1. The topological polar surface area (TPSA) is 69.6 Å². The Bertz CT molecular complexity index is 620. The van der Waals surface area contributed by atoms with Gasteiger partial charge in [0.15, 0.2) is 0 Å². The smallest absolute Gasteiger partial charge is 0.255 e.